The fourth-order valence-electron chi connectivity index (χ4n) is 1.02. The number of aliphatic hydroxyl groups excluding tert-OH is 1. The Hall–Kier alpha value is -0.910. The Morgan fingerprint density at radius 1 is 1.36 bits per heavy atom. The van der Waals surface area contributed by atoms with E-state index in [9.17, 15) is 5.11 Å². The molecule has 1 rings (SSSR count). The van der Waals surface area contributed by atoms with E-state index in [4.69, 9.17) is 0 Å². The summed E-state index contributed by atoms with van der Waals surface area (Å²) in [6.07, 6.45) is -0.522. The molecule has 1 aromatic carbocycles. The van der Waals surface area contributed by atoms with E-state index in [0.29, 0.717) is 5.75 Å². The minimum Gasteiger partial charge on any atom is -0.379 e. The van der Waals surface area contributed by atoms with E-state index in [0.717, 1.165) is 0 Å². The third-order valence-corrected chi connectivity index (χ3v) is 2.83. The molecule has 0 aliphatic heterocycles. The second kappa shape index (κ2) is 5.74. The fraction of sp³-hybridized carbons (Fsp3) is 0.333. The van der Waals surface area contributed by atoms with Gasteiger partial charge < -0.3 is 5.11 Å². The van der Waals surface area contributed by atoms with Gasteiger partial charge in [-0.15, -0.1) is 17.7 Å². The van der Waals surface area contributed by atoms with Crippen molar-refractivity contribution in [1.29, 1.82) is 0 Å². The lowest BCUT2D eigenvalue weighted by Crippen LogP contribution is -2.05. The van der Waals surface area contributed by atoms with Gasteiger partial charge in [-0.3, -0.25) is 0 Å². The van der Waals surface area contributed by atoms with E-state index in [1.165, 1.54) is 10.5 Å². The number of benzene rings is 1. The Bertz CT molecular complexity index is 332. The molecule has 0 aliphatic carbocycles. The van der Waals surface area contributed by atoms with Gasteiger partial charge in [0, 0.05) is 10.6 Å². The van der Waals surface area contributed by atoms with E-state index in [-0.39, 0.29) is 0 Å². The van der Waals surface area contributed by atoms with Crippen LogP contribution in [-0.4, -0.2) is 17.0 Å². The summed E-state index contributed by atoms with van der Waals surface area (Å²) < 4.78 is 0. The summed E-state index contributed by atoms with van der Waals surface area (Å²) >= 11 is 1.62. The van der Waals surface area contributed by atoms with Crippen LogP contribution >= 0.6 is 11.8 Å². The van der Waals surface area contributed by atoms with E-state index in [1.807, 2.05) is 0 Å². The number of rotatable bonds is 3. The lowest BCUT2D eigenvalue weighted by atomic mass is 10.2. The van der Waals surface area contributed by atoms with Gasteiger partial charge in [-0.2, -0.15) is 0 Å². The van der Waals surface area contributed by atoms with Crippen molar-refractivity contribution in [3.8, 4) is 11.8 Å². The zero-order valence-electron chi connectivity index (χ0n) is 8.45. The summed E-state index contributed by atoms with van der Waals surface area (Å²) in [5.41, 5.74) is 1.25. The minimum atomic E-state index is -0.522. The van der Waals surface area contributed by atoms with E-state index in [1.54, 1.807) is 18.7 Å². The summed E-state index contributed by atoms with van der Waals surface area (Å²) in [7, 11) is 0. The lowest BCUT2D eigenvalue weighted by molar-refractivity contribution is 0.258. The molecule has 0 spiro atoms. The quantitative estimate of drug-likeness (QED) is 0.605. The van der Waals surface area contributed by atoms with Crippen molar-refractivity contribution in [2.24, 2.45) is 0 Å². The maximum absolute atomic E-state index is 9.37. The molecule has 2 heteroatoms. The minimum absolute atomic E-state index is 0.522. The van der Waals surface area contributed by atoms with Crippen molar-refractivity contribution in [2.45, 2.75) is 24.8 Å². The predicted molar refractivity (Wildman–Crippen MR) is 61.4 cm³/mol. The molecule has 74 valence electrons. The second-order valence-corrected chi connectivity index (χ2v) is 4.13. The molecule has 1 nitrogen and oxygen atoms in total. The molecule has 1 aromatic rings. The highest BCUT2D eigenvalue weighted by atomic mass is 32.2. The lowest BCUT2D eigenvalue weighted by Gasteiger charge is -2.03. The normalized spacial score (nSPS) is 11.6. The molecule has 0 heterocycles. The van der Waals surface area contributed by atoms with Crippen LogP contribution in [0.1, 0.15) is 12.5 Å². The Labute approximate surface area is 89.5 Å². The van der Waals surface area contributed by atoms with E-state index < -0.39 is 6.10 Å². The van der Waals surface area contributed by atoms with Crippen LogP contribution in [0.15, 0.2) is 29.2 Å². The Kier molecular flexibility index (Phi) is 4.58. The van der Waals surface area contributed by atoms with Crippen molar-refractivity contribution in [1.82, 2.24) is 0 Å². The van der Waals surface area contributed by atoms with E-state index >= 15 is 0 Å². The fourth-order valence-corrected chi connectivity index (χ4v) is 1.78. The maximum atomic E-state index is 9.37. The maximum Gasteiger partial charge on any atom is 0.124 e. The summed E-state index contributed by atoms with van der Waals surface area (Å²) in [4.78, 5) is 1.17. The van der Waals surface area contributed by atoms with Gasteiger partial charge in [0.15, 0.2) is 0 Å². The molecule has 0 saturated carbocycles. The molecule has 0 amide bonds. The highest BCUT2D eigenvalue weighted by Crippen LogP contribution is 2.18. The first kappa shape index (κ1) is 11.2. The zero-order chi connectivity index (χ0) is 10.4. The topological polar surface area (TPSA) is 20.2 Å². The van der Waals surface area contributed by atoms with Crippen LogP contribution in [0.2, 0.25) is 0 Å². The number of thioether (sulfide) groups is 1. The van der Waals surface area contributed by atoms with Crippen molar-refractivity contribution in [2.75, 3.05) is 5.75 Å². The van der Waals surface area contributed by atoms with Crippen LogP contribution in [0.5, 0.6) is 0 Å². The van der Waals surface area contributed by atoms with Crippen LogP contribution < -0.4 is 0 Å². The first-order chi connectivity index (χ1) is 6.72. The standard InChI is InChI=1S/C12H14OS/c1-3-4-11(13)9-14-12-7-5-10(2)6-8-12/h5-8,11,13H,9H2,1-2H3/t11-/m1/s1. The van der Waals surface area contributed by atoms with Crippen LogP contribution in [0, 0.1) is 18.8 Å². The Balaban J connectivity index is 2.44. The van der Waals surface area contributed by atoms with Gasteiger partial charge in [0.25, 0.3) is 0 Å². The van der Waals surface area contributed by atoms with Gasteiger partial charge in [-0.05, 0) is 26.0 Å². The zero-order valence-corrected chi connectivity index (χ0v) is 9.27. The first-order valence-electron chi connectivity index (χ1n) is 4.52. The molecule has 0 unspecified atom stereocenters. The van der Waals surface area contributed by atoms with Crippen LogP contribution in [0.3, 0.4) is 0 Å². The van der Waals surface area contributed by atoms with Crippen molar-refractivity contribution >= 4 is 11.8 Å². The van der Waals surface area contributed by atoms with Crippen LogP contribution in [0.4, 0.5) is 0 Å². The first-order valence-corrected chi connectivity index (χ1v) is 5.50. The molecule has 0 bridgehead atoms. The molecule has 1 N–H and O–H groups in total. The molecule has 0 aliphatic rings. The third-order valence-electron chi connectivity index (χ3n) is 1.74. The van der Waals surface area contributed by atoms with Crippen LogP contribution in [-0.2, 0) is 0 Å². The molecule has 0 radical (unpaired) electrons. The summed E-state index contributed by atoms with van der Waals surface area (Å²) in [6.45, 7) is 3.80. The molecule has 0 aromatic heterocycles. The second-order valence-electron chi connectivity index (χ2n) is 3.03. The number of hydrogen-bond donors (Lipinski definition) is 1. The van der Waals surface area contributed by atoms with Gasteiger partial charge >= 0.3 is 0 Å². The molecule has 0 fully saturated rings. The van der Waals surface area contributed by atoms with E-state index in [2.05, 4.69) is 43.0 Å². The third kappa shape index (κ3) is 3.87. The van der Waals surface area contributed by atoms with Crippen molar-refractivity contribution in [3.63, 3.8) is 0 Å². The van der Waals surface area contributed by atoms with Crippen molar-refractivity contribution in [3.05, 3.63) is 29.8 Å². The van der Waals surface area contributed by atoms with Gasteiger partial charge in [-0.25, -0.2) is 0 Å². The smallest absolute Gasteiger partial charge is 0.124 e. The molecular formula is C12H14OS. The molecule has 1 atom stereocenters. The molecule has 14 heavy (non-hydrogen) atoms. The Morgan fingerprint density at radius 3 is 2.57 bits per heavy atom. The predicted octanol–water partition coefficient (Wildman–Crippen LogP) is 2.47. The Morgan fingerprint density at radius 2 is 2.00 bits per heavy atom. The monoisotopic (exact) mass is 206 g/mol. The van der Waals surface area contributed by atoms with Crippen molar-refractivity contribution < 1.29 is 5.11 Å². The SMILES string of the molecule is CC#C[C@@H](O)CSc1ccc(C)cc1. The average Bonchev–Trinajstić information content (AvgIpc) is 2.17. The molecule has 0 saturated heterocycles. The summed E-state index contributed by atoms with van der Waals surface area (Å²) in [5.74, 6) is 6.04. The van der Waals surface area contributed by atoms with Crippen LogP contribution in [0.25, 0.3) is 0 Å². The highest BCUT2D eigenvalue weighted by molar-refractivity contribution is 7.99. The van der Waals surface area contributed by atoms with Gasteiger partial charge in [0.05, 0.1) is 0 Å². The number of aliphatic hydroxyl groups is 1. The van der Waals surface area contributed by atoms with Gasteiger partial charge in [0.2, 0.25) is 0 Å². The highest BCUT2D eigenvalue weighted by Gasteiger charge is 2.00. The van der Waals surface area contributed by atoms with Gasteiger partial charge in [0.1, 0.15) is 6.10 Å². The summed E-state index contributed by atoms with van der Waals surface area (Å²) in [5, 5.41) is 9.37. The average molecular weight is 206 g/mol. The van der Waals surface area contributed by atoms with Gasteiger partial charge in [-0.1, -0.05) is 23.6 Å². The number of aryl methyl sites for hydroxylation is 1. The molecular weight excluding hydrogens is 192 g/mol. The number of hydrogen-bond acceptors (Lipinski definition) is 2. The summed E-state index contributed by atoms with van der Waals surface area (Å²) in [6, 6.07) is 8.26. The largest absolute Gasteiger partial charge is 0.379 e.